The van der Waals surface area contributed by atoms with Crippen LogP contribution in [0, 0.1) is 11.3 Å². The van der Waals surface area contributed by atoms with Crippen LogP contribution in [0.1, 0.15) is 34.3 Å². The fourth-order valence-corrected chi connectivity index (χ4v) is 5.11. The Labute approximate surface area is 222 Å². The van der Waals surface area contributed by atoms with Crippen LogP contribution in [-0.2, 0) is 13.6 Å². The molecule has 1 fully saturated rings. The molecule has 3 heterocycles. The number of anilines is 1. The van der Waals surface area contributed by atoms with E-state index in [1.807, 2.05) is 11.4 Å². The Morgan fingerprint density at radius 3 is 2.74 bits per heavy atom. The van der Waals surface area contributed by atoms with E-state index in [4.69, 9.17) is 10.00 Å². The van der Waals surface area contributed by atoms with Crippen LogP contribution in [0.5, 0.6) is 5.88 Å². The number of carbonyl (C=O) groups is 1. The predicted octanol–water partition coefficient (Wildman–Crippen LogP) is 2.62. The van der Waals surface area contributed by atoms with Crippen LogP contribution >= 0.6 is 11.9 Å². The van der Waals surface area contributed by atoms with Gasteiger partial charge in [-0.25, -0.2) is 4.98 Å². The van der Waals surface area contributed by atoms with E-state index in [2.05, 4.69) is 31.6 Å². The van der Waals surface area contributed by atoms with Crippen molar-refractivity contribution in [1.29, 1.82) is 5.26 Å². The molecule has 0 unspecified atom stereocenters. The summed E-state index contributed by atoms with van der Waals surface area (Å²) < 4.78 is 9.30. The van der Waals surface area contributed by atoms with Crippen LogP contribution in [0.25, 0.3) is 10.9 Å². The summed E-state index contributed by atoms with van der Waals surface area (Å²) in [6.07, 6.45) is 8.41. The van der Waals surface area contributed by atoms with Crippen LogP contribution in [0.4, 0.5) is 5.82 Å². The number of benzene rings is 1. The zero-order chi connectivity index (χ0) is 26.7. The molecular formula is C26H24N8O3S. The van der Waals surface area contributed by atoms with Gasteiger partial charge in [-0.3, -0.25) is 14.6 Å². The Morgan fingerprint density at radius 2 is 2.05 bits per heavy atom. The van der Waals surface area contributed by atoms with E-state index in [1.165, 1.54) is 16.8 Å². The van der Waals surface area contributed by atoms with Crippen molar-refractivity contribution in [3.8, 4) is 11.9 Å². The van der Waals surface area contributed by atoms with E-state index in [9.17, 15) is 9.59 Å². The first-order valence-corrected chi connectivity index (χ1v) is 12.6. The Bertz CT molecular complexity index is 1580. The molecule has 5 rings (SSSR count). The highest BCUT2D eigenvalue weighted by molar-refractivity contribution is 8.02. The number of hydrogen-bond acceptors (Lipinski definition) is 10. The molecule has 0 bridgehead atoms. The van der Waals surface area contributed by atoms with Crippen LogP contribution in [0.15, 0.2) is 59.9 Å². The van der Waals surface area contributed by atoms with Gasteiger partial charge in [-0.05, 0) is 48.6 Å². The second-order valence-corrected chi connectivity index (χ2v) is 10.6. The summed E-state index contributed by atoms with van der Waals surface area (Å²) in [7, 11) is 3.52. The summed E-state index contributed by atoms with van der Waals surface area (Å²) in [6.45, 7) is 0.592. The van der Waals surface area contributed by atoms with Crippen molar-refractivity contribution in [3.05, 3.63) is 82.2 Å². The smallest absolute Gasteiger partial charge is 0.263 e. The van der Waals surface area contributed by atoms with Crippen molar-refractivity contribution in [1.82, 2.24) is 30.0 Å². The lowest BCUT2D eigenvalue weighted by molar-refractivity contribution is 0.0949. The van der Waals surface area contributed by atoms with Gasteiger partial charge in [-0.1, -0.05) is 12.1 Å². The molecule has 192 valence electrons. The third-order valence-electron chi connectivity index (χ3n) is 6.25. The molecule has 1 N–H and O–H groups in total. The van der Waals surface area contributed by atoms with Gasteiger partial charge < -0.3 is 18.9 Å². The molecule has 0 atom stereocenters. The molecule has 0 aliphatic heterocycles. The number of nitrogens with zero attached hydrogens (tertiary/aromatic N) is 7. The number of nitrogens with one attached hydrogen (secondary N) is 1. The molecule has 3 aromatic heterocycles. The minimum Gasteiger partial charge on any atom is -0.474 e. The average molecular weight is 529 g/mol. The maximum absolute atomic E-state index is 13.1. The maximum atomic E-state index is 13.1. The molecule has 1 amide bonds. The maximum Gasteiger partial charge on any atom is 0.263 e. The van der Waals surface area contributed by atoms with Gasteiger partial charge in [-0.15, -0.1) is 5.10 Å². The molecule has 11 nitrogen and oxygen atoms in total. The van der Waals surface area contributed by atoms with Crippen LogP contribution in [0.2, 0.25) is 0 Å². The van der Waals surface area contributed by atoms with Gasteiger partial charge in [0.25, 0.3) is 17.3 Å². The largest absolute Gasteiger partial charge is 0.474 e. The number of aromatic nitrogens is 5. The summed E-state index contributed by atoms with van der Waals surface area (Å²) in [6, 6.07) is 10.4. The zero-order valence-corrected chi connectivity index (χ0v) is 21.6. The molecule has 38 heavy (non-hydrogen) atoms. The first kappa shape index (κ1) is 25.2. The first-order valence-electron chi connectivity index (χ1n) is 11.8. The standard InChI is InChI=1S/C26H24N8O3S/c1-33-22-19(11-20(25(33)36)23(35)30-13-18-5-3-17(12-27)4-6-18)14-31-32-24(22)37-16-26(7-8-26)38-34(2)21-15-28-9-10-29-21/h3-6,9-11,14-15H,7-8,13,16H2,1-2H3,(H,30,35). The minimum atomic E-state index is -0.503. The highest BCUT2D eigenvalue weighted by atomic mass is 32.2. The third-order valence-corrected chi connectivity index (χ3v) is 7.63. The van der Waals surface area contributed by atoms with Gasteiger partial charge in [0, 0.05) is 38.4 Å². The Balaban J connectivity index is 1.31. The Kier molecular flexibility index (Phi) is 6.93. The molecule has 1 aromatic carbocycles. The van der Waals surface area contributed by atoms with Gasteiger partial charge in [0.05, 0.1) is 28.8 Å². The Hall–Kier alpha value is -4.50. The summed E-state index contributed by atoms with van der Waals surface area (Å²) >= 11 is 1.63. The average Bonchev–Trinajstić information content (AvgIpc) is 3.72. The molecular weight excluding hydrogens is 504 g/mol. The van der Waals surface area contributed by atoms with Gasteiger partial charge in [0.15, 0.2) is 5.82 Å². The lowest BCUT2D eigenvalue weighted by Crippen LogP contribution is -2.32. The molecule has 1 aliphatic rings. The fraction of sp³-hybridized carbons (Fsp3) is 0.269. The van der Waals surface area contributed by atoms with Crippen LogP contribution in [-0.4, -0.2) is 49.0 Å². The van der Waals surface area contributed by atoms with Gasteiger partial charge in [0.1, 0.15) is 17.7 Å². The quantitative estimate of drug-likeness (QED) is 0.323. The number of ether oxygens (including phenoxy) is 1. The Morgan fingerprint density at radius 1 is 1.26 bits per heavy atom. The van der Waals surface area contributed by atoms with E-state index in [1.54, 1.807) is 61.9 Å². The molecule has 1 saturated carbocycles. The van der Waals surface area contributed by atoms with Crippen molar-refractivity contribution in [2.75, 3.05) is 18.0 Å². The van der Waals surface area contributed by atoms with Gasteiger partial charge >= 0.3 is 0 Å². The highest BCUT2D eigenvalue weighted by Gasteiger charge is 2.46. The molecule has 4 aromatic rings. The summed E-state index contributed by atoms with van der Waals surface area (Å²) in [5.74, 6) is 0.485. The predicted molar refractivity (Wildman–Crippen MR) is 143 cm³/mol. The number of fused-ring (bicyclic) bond motifs is 1. The summed E-state index contributed by atoms with van der Waals surface area (Å²) in [5, 5.41) is 20.4. The minimum absolute atomic E-state index is 0.00703. The summed E-state index contributed by atoms with van der Waals surface area (Å²) in [4.78, 5) is 34.4. The number of amides is 1. The van der Waals surface area contributed by atoms with E-state index in [0.29, 0.717) is 23.1 Å². The second-order valence-electron chi connectivity index (χ2n) is 8.99. The summed E-state index contributed by atoms with van der Waals surface area (Å²) in [5.41, 5.74) is 1.34. The van der Waals surface area contributed by atoms with Crippen LogP contribution < -0.4 is 19.9 Å². The van der Waals surface area contributed by atoms with Gasteiger partial charge in [0.2, 0.25) is 0 Å². The molecule has 1 aliphatic carbocycles. The van der Waals surface area contributed by atoms with Crippen molar-refractivity contribution < 1.29 is 9.53 Å². The number of pyridine rings is 1. The van der Waals surface area contributed by atoms with Crippen LogP contribution in [0.3, 0.4) is 0 Å². The van der Waals surface area contributed by atoms with Crippen molar-refractivity contribution in [3.63, 3.8) is 0 Å². The van der Waals surface area contributed by atoms with Gasteiger partial charge in [-0.2, -0.15) is 10.4 Å². The zero-order valence-electron chi connectivity index (χ0n) is 20.8. The fourth-order valence-electron chi connectivity index (χ4n) is 3.94. The lowest BCUT2D eigenvalue weighted by atomic mass is 10.1. The normalized spacial score (nSPS) is 13.5. The topological polar surface area (TPSA) is 139 Å². The third kappa shape index (κ3) is 5.28. The highest BCUT2D eigenvalue weighted by Crippen LogP contribution is 2.50. The van der Waals surface area contributed by atoms with Crippen molar-refractivity contribution >= 4 is 34.6 Å². The number of rotatable bonds is 9. The first-order chi connectivity index (χ1) is 18.4. The monoisotopic (exact) mass is 528 g/mol. The second kappa shape index (κ2) is 10.5. The number of hydrogen-bond donors (Lipinski definition) is 1. The molecule has 0 radical (unpaired) electrons. The number of carbonyl (C=O) groups excluding carboxylic acids is 1. The molecule has 12 heteroatoms. The lowest BCUT2D eigenvalue weighted by Gasteiger charge is -2.23. The van der Waals surface area contributed by atoms with E-state index in [0.717, 1.165) is 24.2 Å². The molecule has 0 spiro atoms. The van der Waals surface area contributed by atoms with E-state index >= 15 is 0 Å². The SMILES string of the molecule is CN(SC1(COc2nncc3cc(C(=O)NCc4ccc(C#N)cc4)c(=O)n(C)c23)CC1)c1cnccn1. The van der Waals surface area contributed by atoms with Crippen molar-refractivity contribution in [2.45, 2.75) is 24.1 Å². The number of nitriles is 1. The van der Waals surface area contributed by atoms with E-state index in [-0.39, 0.29) is 22.7 Å². The molecule has 0 saturated heterocycles. The van der Waals surface area contributed by atoms with E-state index < -0.39 is 11.5 Å². The number of aryl methyl sites for hydroxylation is 1. The van der Waals surface area contributed by atoms with Crippen molar-refractivity contribution in [2.24, 2.45) is 7.05 Å².